The number of halogens is 2. The molecule has 0 N–H and O–H groups in total. The molecule has 73 valence electrons. The molecule has 0 spiro atoms. The maximum atomic E-state index is 2.33. The number of hydrogen-bond donors (Lipinski definition) is 0. The van der Waals surface area contributed by atoms with Crippen LogP contribution in [0.4, 0.5) is 0 Å². The first kappa shape index (κ1) is 14.4. The summed E-state index contributed by atoms with van der Waals surface area (Å²) in [5.41, 5.74) is 4.32. The molecule has 0 aliphatic heterocycles. The molecule has 0 saturated carbocycles. The van der Waals surface area contributed by atoms with Gasteiger partial charge in [-0.25, -0.2) is 0 Å². The van der Waals surface area contributed by atoms with Gasteiger partial charge in [-0.15, -0.1) is 0 Å². The van der Waals surface area contributed by atoms with Gasteiger partial charge in [-0.1, -0.05) is 0 Å². The molecule has 0 saturated heterocycles. The molecule has 3 heteroatoms. The minimum atomic E-state index is 0. The predicted molar refractivity (Wildman–Crippen MR) is 47.6 cm³/mol. The van der Waals surface area contributed by atoms with E-state index in [-0.39, 0.29) is 24.8 Å². The molecule has 0 fully saturated rings. The van der Waals surface area contributed by atoms with Crippen LogP contribution in [0.15, 0.2) is 21.5 Å². The van der Waals surface area contributed by atoms with Gasteiger partial charge in [0.15, 0.2) is 0 Å². The van der Waals surface area contributed by atoms with E-state index in [0.29, 0.717) is 5.92 Å². The number of benzene rings is 1. The van der Waals surface area contributed by atoms with Gasteiger partial charge in [0, 0.05) is 0 Å². The molecular weight excluding hydrogens is 294 g/mol. The standard InChI is InChI=1S/C11H11.2ClH.Zr/c1-8-3-5-10-6-4-9(2)11(10)7-8;;;/h3,5-7,9H,1-2H3;2*1H;/q;;;+2/p-2. The van der Waals surface area contributed by atoms with Crippen LogP contribution in [0.5, 0.6) is 0 Å². The zero-order chi connectivity index (χ0) is 8.72. The Balaban J connectivity index is 0.000000845. The van der Waals surface area contributed by atoms with E-state index in [1.165, 1.54) is 16.7 Å². The summed E-state index contributed by atoms with van der Waals surface area (Å²) in [6.07, 6.45) is 2.33. The van der Waals surface area contributed by atoms with E-state index in [1.54, 1.807) is 28.0 Å². The molecule has 0 heterocycles. The minimum absolute atomic E-state index is 0. The van der Waals surface area contributed by atoms with Crippen LogP contribution in [0.1, 0.15) is 29.5 Å². The van der Waals surface area contributed by atoms with Crippen molar-refractivity contribution in [2.45, 2.75) is 19.8 Å². The molecule has 0 nitrogen and oxygen atoms in total. The van der Waals surface area contributed by atoms with E-state index in [0.717, 1.165) is 0 Å². The Morgan fingerprint density at radius 3 is 2.50 bits per heavy atom. The van der Waals surface area contributed by atoms with Crippen molar-refractivity contribution in [2.24, 2.45) is 0 Å². The fourth-order valence-corrected chi connectivity index (χ4v) is 2.43. The number of fused-ring (bicyclic) bond motifs is 1. The Bertz CT molecular complexity index is 358. The third-order valence-electron chi connectivity index (χ3n) is 2.49. The van der Waals surface area contributed by atoms with Gasteiger partial charge < -0.3 is 24.8 Å². The van der Waals surface area contributed by atoms with E-state index < -0.39 is 0 Å². The molecule has 2 rings (SSSR count). The summed E-state index contributed by atoms with van der Waals surface area (Å²) in [6, 6.07) is 6.74. The second-order valence-electron chi connectivity index (χ2n) is 3.45. The molecule has 1 aromatic rings. The van der Waals surface area contributed by atoms with Crippen molar-refractivity contribution in [1.82, 2.24) is 0 Å². The summed E-state index contributed by atoms with van der Waals surface area (Å²) >= 11 is 1.55. The van der Waals surface area contributed by atoms with Gasteiger partial charge in [0.2, 0.25) is 0 Å². The summed E-state index contributed by atoms with van der Waals surface area (Å²) in [6.45, 7) is 4.46. The smallest absolute Gasteiger partial charge is 1.00 e. The van der Waals surface area contributed by atoms with Crippen LogP contribution in [0.2, 0.25) is 0 Å². The summed E-state index contributed by atoms with van der Waals surface area (Å²) in [4.78, 5) is 0. The number of rotatable bonds is 0. The maximum Gasteiger partial charge on any atom is -1.00 e. The largest absolute Gasteiger partial charge is 1.00 e. The van der Waals surface area contributed by atoms with E-state index >= 15 is 0 Å². The Morgan fingerprint density at radius 1 is 1.21 bits per heavy atom. The fraction of sp³-hybridized carbons (Fsp3) is 0.273. The van der Waals surface area contributed by atoms with E-state index in [2.05, 4.69) is 38.1 Å². The van der Waals surface area contributed by atoms with Crippen molar-refractivity contribution in [2.75, 3.05) is 0 Å². The van der Waals surface area contributed by atoms with Crippen LogP contribution >= 0.6 is 0 Å². The molecule has 1 unspecified atom stereocenters. The van der Waals surface area contributed by atoms with Gasteiger partial charge >= 0.3 is 88.7 Å². The van der Waals surface area contributed by atoms with Gasteiger partial charge in [-0.05, 0) is 0 Å². The molecule has 0 bridgehead atoms. The molecule has 1 aliphatic carbocycles. The summed E-state index contributed by atoms with van der Waals surface area (Å²) < 4.78 is 1.57. The van der Waals surface area contributed by atoms with Gasteiger partial charge in [0.25, 0.3) is 0 Å². The van der Waals surface area contributed by atoms with Crippen molar-refractivity contribution in [1.29, 1.82) is 0 Å². The first-order valence-corrected chi connectivity index (χ1v) is 5.45. The molecule has 0 amide bonds. The second-order valence-corrected chi connectivity index (χ2v) is 4.87. The minimum Gasteiger partial charge on any atom is -1.00 e. The Morgan fingerprint density at radius 2 is 1.86 bits per heavy atom. The Labute approximate surface area is 113 Å². The number of hydrogen-bond acceptors (Lipinski definition) is 0. The second kappa shape index (κ2) is 5.49. The van der Waals surface area contributed by atoms with Gasteiger partial charge in [0.1, 0.15) is 0 Å². The Hall–Kier alpha value is 0.423. The normalized spacial score (nSPS) is 17.7. The molecule has 1 aromatic carbocycles. The topological polar surface area (TPSA) is 0 Å². The van der Waals surface area contributed by atoms with Crippen molar-refractivity contribution in [3.05, 3.63) is 38.2 Å². The van der Waals surface area contributed by atoms with Crippen molar-refractivity contribution >= 4 is 6.08 Å². The van der Waals surface area contributed by atoms with Gasteiger partial charge in [0.05, 0.1) is 0 Å². The predicted octanol–water partition coefficient (Wildman–Crippen LogP) is -2.99. The molecule has 1 aliphatic rings. The van der Waals surface area contributed by atoms with Crippen LogP contribution in [-0.2, 0) is 24.7 Å². The zero-order valence-electron chi connectivity index (χ0n) is 8.14. The van der Waals surface area contributed by atoms with E-state index in [1.807, 2.05) is 0 Å². The number of allylic oxidation sites excluding steroid dienone is 1. The van der Waals surface area contributed by atoms with Crippen LogP contribution < -0.4 is 24.8 Å². The average Bonchev–Trinajstić information content (AvgIpc) is 2.31. The Kier molecular flexibility index (Phi) is 5.66. The molecule has 14 heavy (non-hydrogen) atoms. The van der Waals surface area contributed by atoms with Crippen LogP contribution in [0, 0.1) is 6.92 Å². The fourth-order valence-electron chi connectivity index (χ4n) is 1.66. The summed E-state index contributed by atoms with van der Waals surface area (Å²) in [5, 5.41) is 0. The monoisotopic (exact) mass is 303 g/mol. The SMILES string of the molecule is Cc1ccc2c(c1)C(C)[C]([Zr+2])=C2.[Cl-].[Cl-]. The zero-order valence-corrected chi connectivity index (χ0v) is 12.1. The van der Waals surface area contributed by atoms with Crippen LogP contribution in [0.3, 0.4) is 0 Å². The molecule has 0 aromatic heterocycles. The molecule has 1 atom stereocenters. The van der Waals surface area contributed by atoms with Crippen LogP contribution in [0.25, 0.3) is 6.08 Å². The van der Waals surface area contributed by atoms with Crippen molar-refractivity contribution in [3.8, 4) is 0 Å². The van der Waals surface area contributed by atoms with Gasteiger partial charge in [-0.2, -0.15) is 0 Å². The first-order valence-electron chi connectivity index (χ1n) is 4.22. The number of aryl methyl sites for hydroxylation is 1. The average molecular weight is 305 g/mol. The first-order chi connectivity index (χ1) is 5.68. The molecule has 0 radical (unpaired) electrons. The summed E-state index contributed by atoms with van der Waals surface area (Å²) in [5.74, 6) is 0.665. The third kappa shape index (κ3) is 2.51. The molecular formula is C11H11Cl2Zr. The third-order valence-corrected chi connectivity index (χ3v) is 3.91. The maximum absolute atomic E-state index is 2.33. The summed E-state index contributed by atoms with van der Waals surface area (Å²) in [7, 11) is 0. The quantitative estimate of drug-likeness (QED) is 0.480. The van der Waals surface area contributed by atoms with Gasteiger partial charge in [-0.3, -0.25) is 0 Å². The van der Waals surface area contributed by atoms with Crippen LogP contribution in [-0.4, -0.2) is 0 Å². The van der Waals surface area contributed by atoms with E-state index in [9.17, 15) is 0 Å². The van der Waals surface area contributed by atoms with Crippen molar-refractivity contribution in [3.63, 3.8) is 0 Å². The van der Waals surface area contributed by atoms with Crippen molar-refractivity contribution < 1.29 is 49.5 Å². The van der Waals surface area contributed by atoms with E-state index in [4.69, 9.17) is 0 Å².